The first-order valence-electron chi connectivity index (χ1n) is 12.0. The van der Waals surface area contributed by atoms with Gasteiger partial charge in [0.1, 0.15) is 41.7 Å². The molecule has 38 heavy (non-hydrogen) atoms. The Morgan fingerprint density at radius 1 is 1.13 bits per heavy atom. The fourth-order valence-corrected chi connectivity index (χ4v) is 4.54. The van der Waals surface area contributed by atoms with Crippen molar-refractivity contribution in [3.8, 4) is 22.6 Å². The molecule has 2 aromatic heterocycles. The first-order chi connectivity index (χ1) is 18.1. The van der Waals surface area contributed by atoms with Crippen molar-refractivity contribution in [3.05, 3.63) is 64.8 Å². The van der Waals surface area contributed by atoms with Gasteiger partial charge in [0, 0.05) is 32.3 Å². The molecule has 1 amide bonds. The topological polar surface area (TPSA) is 91.2 Å². The lowest BCUT2D eigenvalue weighted by Crippen LogP contribution is -2.22. The first-order valence-corrected chi connectivity index (χ1v) is 16.0. The molecule has 0 spiro atoms. The largest absolute Gasteiger partial charge is 0.445 e. The number of ether oxygens (including phenoxy) is 2. The van der Waals surface area contributed by atoms with Crippen molar-refractivity contribution >= 4 is 36.8 Å². The van der Waals surface area contributed by atoms with E-state index in [1.54, 1.807) is 28.9 Å². The van der Waals surface area contributed by atoms with Gasteiger partial charge in [-0.25, -0.2) is 28.2 Å². The number of hydrogen-bond acceptors (Lipinski definition) is 6. The molecular weight excluding hydrogens is 532 g/mol. The number of carbonyl (C=O) groups excluding carboxylic acids is 1. The maximum Gasteiger partial charge on any atom is 0.407 e. The minimum atomic E-state index is -1.27. The molecule has 0 saturated heterocycles. The van der Waals surface area contributed by atoms with Gasteiger partial charge < -0.3 is 14.8 Å². The SMILES string of the molecule is CNC(=O)OCc1cc(F)c(-c2ncc3c(n2)c(-c2ccc(Cl)cc2)nn3COCC[Si](C)(C)C)c(F)c1. The molecule has 0 radical (unpaired) electrons. The van der Waals surface area contributed by atoms with E-state index in [9.17, 15) is 4.79 Å². The Bertz CT molecular complexity index is 1440. The highest BCUT2D eigenvalue weighted by Gasteiger charge is 2.21. The van der Waals surface area contributed by atoms with Gasteiger partial charge in [-0.1, -0.05) is 43.4 Å². The van der Waals surface area contributed by atoms with Gasteiger partial charge in [-0.2, -0.15) is 5.10 Å². The summed E-state index contributed by atoms with van der Waals surface area (Å²) in [6, 6.07) is 10.2. The van der Waals surface area contributed by atoms with Gasteiger partial charge >= 0.3 is 6.09 Å². The minimum absolute atomic E-state index is 0.138. The van der Waals surface area contributed by atoms with Crippen LogP contribution in [0.15, 0.2) is 42.6 Å². The van der Waals surface area contributed by atoms with E-state index in [0.29, 0.717) is 28.4 Å². The normalized spacial score (nSPS) is 11.7. The Hall–Kier alpha value is -3.41. The minimum Gasteiger partial charge on any atom is -0.445 e. The summed E-state index contributed by atoms with van der Waals surface area (Å²) in [7, 11) is 0.124. The third-order valence-corrected chi connectivity index (χ3v) is 7.68. The van der Waals surface area contributed by atoms with Gasteiger partial charge in [0.2, 0.25) is 0 Å². The van der Waals surface area contributed by atoms with Crippen LogP contribution < -0.4 is 5.32 Å². The van der Waals surface area contributed by atoms with Crippen molar-refractivity contribution in [2.24, 2.45) is 0 Å². The van der Waals surface area contributed by atoms with Gasteiger partial charge in [0.15, 0.2) is 5.82 Å². The summed E-state index contributed by atoms with van der Waals surface area (Å²) in [5.41, 5.74) is 1.97. The molecule has 0 aliphatic rings. The molecule has 0 unspecified atom stereocenters. The van der Waals surface area contributed by atoms with Crippen LogP contribution in [0.1, 0.15) is 5.56 Å². The summed E-state index contributed by atoms with van der Waals surface area (Å²) in [6.45, 7) is 7.30. The number of fused-ring (bicyclic) bond motifs is 1. The summed E-state index contributed by atoms with van der Waals surface area (Å²) < 4.78 is 42.5. The second-order valence-corrected chi connectivity index (χ2v) is 15.9. The van der Waals surface area contributed by atoms with E-state index in [2.05, 4.69) is 40.0 Å². The van der Waals surface area contributed by atoms with Crippen LogP contribution in [-0.4, -0.2) is 47.6 Å². The van der Waals surface area contributed by atoms with Crippen LogP contribution in [0.2, 0.25) is 30.7 Å². The lowest BCUT2D eigenvalue weighted by molar-refractivity contribution is 0.0818. The molecule has 4 aromatic rings. The summed E-state index contributed by atoms with van der Waals surface area (Å²) in [6.07, 6.45) is 0.771. The maximum absolute atomic E-state index is 15.0. The Labute approximate surface area is 225 Å². The highest BCUT2D eigenvalue weighted by atomic mass is 35.5. The number of amides is 1. The van der Waals surface area contributed by atoms with E-state index in [-0.39, 0.29) is 24.7 Å². The number of carbonyl (C=O) groups is 1. The third kappa shape index (κ3) is 6.53. The molecule has 0 aliphatic carbocycles. The van der Waals surface area contributed by atoms with E-state index >= 15 is 8.78 Å². The van der Waals surface area contributed by atoms with E-state index < -0.39 is 31.4 Å². The summed E-state index contributed by atoms with van der Waals surface area (Å²) in [5, 5.41) is 7.52. The van der Waals surface area contributed by atoms with Gasteiger partial charge in [0.05, 0.1) is 11.8 Å². The summed E-state index contributed by atoms with van der Waals surface area (Å²) in [4.78, 5) is 20.1. The number of rotatable bonds is 9. The van der Waals surface area contributed by atoms with Crippen molar-refractivity contribution < 1.29 is 23.0 Å². The number of halogens is 3. The molecule has 8 nitrogen and oxygen atoms in total. The molecule has 2 aromatic carbocycles. The fourth-order valence-electron chi connectivity index (χ4n) is 3.65. The van der Waals surface area contributed by atoms with Gasteiger partial charge in [-0.05, 0) is 35.9 Å². The molecule has 0 aliphatic heterocycles. The summed E-state index contributed by atoms with van der Waals surface area (Å²) >= 11 is 6.06. The van der Waals surface area contributed by atoms with E-state index in [1.807, 2.05) is 0 Å². The van der Waals surface area contributed by atoms with Gasteiger partial charge in [-0.3, -0.25) is 0 Å². The van der Waals surface area contributed by atoms with E-state index in [0.717, 1.165) is 23.7 Å². The third-order valence-electron chi connectivity index (χ3n) is 5.72. The second kappa shape index (κ2) is 11.5. The lowest BCUT2D eigenvalue weighted by Gasteiger charge is -2.15. The average Bonchev–Trinajstić information content (AvgIpc) is 3.22. The van der Waals surface area contributed by atoms with E-state index in [4.69, 9.17) is 21.1 Å². The molecular formula is C26H28ClF2N5O3Si. The van der Waals surface area contributed by atoms with Crippen LogP contribution >= 0.6 is 11.6 Å². The smallest absolute Gasteiger partial charge is 0.407 e. The molecule has 0 bridgehead atoms. The molecule has 0 fully saturated rings. The van der Waals surface area contributed by atoms with Crippen LogP contribution in [0.3, 0.4) is 0 Å². The predicted octanol–water partition coefficient (Wildman–Crippen LogP) is 6.26. The molecule has 0 atom stereocenters. The highest BCUT2D eigenvalue weighted by Crippen LogP contribution is 2.31. The molecule has 0 saturated carbocycles. The highest BCUT2D eigenvalue weighted by molar-refractivity contribution is 6.76. The molecule has 1 N–H and O–H groups in total. The molecule has 12 heteroatoms. The standard InChI is InChI=1S/C26H28ClF2N5O3Si/c1-30-26(35)37-14-16-11-19(28)22(20(29)12-16)25-31-13-21-24(32-25)23(17-5-7-18(27)8-6-17)33-34(21)15-36-9-10-38(2,3)4/h5-8,11-13H,9-10,14-15H2,1-4H3,(H,30,35). The van der Waals surface area contributed by atoms with Crippen molar-refractivity contribution in [1.82, 2.24) is 25.1 Å². The van der Waals surface area contributed by atoms with E-state index in [1.165, 1.54) is 13.2 Å². The maximum atomic E-state index is 15.0. The number of nitrogens with one attached hydrogen (secondary N) is 1. The Morgan fingerprint density at radius 2 is 1.82 bits per heavy atom. The van der Waals surface area contributed by atoms with Crippen LogP contribution in [0.5, 0.6) is 0 Å². The average molecular weight is 560 g/mol. The van der Waals surface area contributed by atoms with Crippen LogP contribution in [0.4, 0.5) is 13.6 Å². The molecule has 200 valence electrons. The fraction of sp³-hybridized carbons (Fsp3) is 0.308. The van der Waals surface area contributed by atoms with Gasteiger partial charge in [-0.15, -0.1) is 0 Å². The number of hydrogen-bond donors (Lipinski definition) is 1. The van der Waals surface area contributed by atoms with Crippen molar-refractivity contribution in [3.63, 3.8) is 0 Å². The van der Waals surface area contributed by atoms with Crippen molar-refractivity contribution in [2.45, 2.75) is 39.0 Å². The Balaban J connectivity index is 1.72. The zero-order valence-corrected chi connectivity index (χ0v) is 23.3. The summed E-state index contributed by atoms with van der Waals surface area (Å²) in [5.74, 6) is -1.90. The first kappa shape index (κ1) is 27.6. The van der Waals surface area contributed by atoms with Crippen LogP contribution in [-0.2, 0) is 22.8 Å². The Kier molecular flexibility index (Phi) is 8.39. The van der Waals surface area contributed by atoms with Crippen molar-refractivity contribution in [2.75, 3.05) is 13.7 Å². The van der Waals surface area contributed by atoms with Crippen LogP contribution in [0, 0.1) is 11.6 Å². The monoisotopic (exact) mass is 559 g/mol. The predicted molar refractivity (Wildman–Crippen MR) is 144 cm³/mol. The molecule has 2 heterocycles. The second-order valence-electron chi connectivity index (χ2n) is 9.89. The lowest BCUT2D eigenvalue weighted by atomic mass is 10.1. The zero-order chi connectivity index (χ0) is 27.4. The molecule has 4 rings (SSSR count). The zero-order valence-electron chi connectivity index (χ0n) is 21.5. The Morgan fingerprint density at radius 3 is 2.45 bits per heavy atom. The van der Waals surface area contributed by atoms with Crippen LogP contribution in [0.25, 0.3) is 33.7 Å². The number of alkyl carbamates (subject to hydrolysis) is 1. The number of benzene rings is 2. The number of nitrogens with zero attached hydrogens (tertiary/aromatic N) is 4. The number of aromatic nitrogens is 4. The van der Waals surface area contributed by atoms with Crippen molar-refractivity contribution in [1.29, 1.82) is 0 Å². The van der Waals surface area contributed by atoms with Gasteiger partial charge in [0.25, 0.3) is 0 Å². The quantitative estimate of drug-likeness (QED) is 0.192.